The number of hydrogen-bond donors (Lipinski definition) is 1. The standard InChI is InChI=1S/C17H23FN2O.ClH/c18-15-8-6-13(7-9-15)16-5-1-2-11-20(16)17(21)14-4-3-10-19-12-14;/h6-9,14,16,19H,1-5,10-12H2;1H. The van der Waals surface area contributed by atoms with E-state index in [2.05, 4.69) is 5.32 Å². The topological polar surface area (TPSA) is 32.3 Å². The lowest BCUT2D eigenvalue weighted by atomic mass is 9.91. The molecule has 1 amide bonds. The number of carbonyl (C=O) groups excluding carboxylic acids is 1. The molecule has 1 aromatic rings. The first-order chi connectivity index (χ1) is 10.3. The van der Waals surface area contributed by atoms with E-state index in [9.17, 15) is 9.18 Å². The van der Waals surface area contributed by atoms with Crippen molar-refractivity contribution in [1.29, 1.82) is 0 Å². The van der Waals surface area contributed by atoms with Crippen molar-refractivity contribution in [2.45, 2.75) is 38.1 Å². The van der Waals surface area contributed by atoms with Crippen molar-refractivity contribution in [2.75, 3.05) is 19.6 Å². The Balaban J connectivity index is 0.00000176. The summed E-state index contributed by atoms with van der Waals surface area (Å²) in [6.07, 6.45) is 5.25. The van der Waals surface area contributed by atoms with E-state index in [1.165, 1.54) is 12.1 Å². The van der Waals surface area contributed by atoms with Crippen LogP contribution in [0.25, 0.3) is 0 Å². The van der Waals surface area contributed by atoms with Crippen LogP contribution in [0.4, 0.5) is 4.39 Å². The molecule has 2 unspecified atom stereocenters. The maximum atomic E-state index is 13.1. The summed E-state index contributed by atoms with van der Waals surface area (Å²) in [5.74, 6) is 0.167. The number of amides is 1. The van der Waals surface area contributed by atoms with Gasteiger partial charge in [0.25, 0.3) is 0 Å². The van der Waals surface area contributed by atoms with Gasteiger partial charge in [0.15, 0.2) is 0 Å². The summed E-state index contributed by atoms with van der Waals surface area (Å²) in [6.45, 7) is 2.65. The SMILES string of the molecule is Cl.O=C(C1CCCNC1)N1CCCCC1c1ccc(F)cc1. The Kier molecular flexibility index (Phi) is 6.21. The minimum Gasteiger partial charge on any atom is -0.335 e. The van der Waals surface area contributed by atoms with Crippen molar-refractivity contribution in [3.05, 3.63) is 35.6 Å². The number of likely N-dealkylation sites (tertiary alicyclic amines) is 1. The number of halogens is 2. The summed E-state index contributed by atoms with van der Waals surface area (Å²) in [5.41, 5.74) is 1.06. The molecule has 0 radical (unpaired) electrons. The molecule has 2 aliphatic rings. The van der Waals surface area contributed by atoms with E-state index in [1.807, 2.05) is 17.0 Å². The van der Waals surface area contributed by atoms with E-state index in [1.54, 1.807) is 0 Å². The first kappa shape index (κ1) is 17.2. The van der Waals surface area contributed by atoms with Crippen LogP contribution in [0.15, 0.2) is 24.3 Å². The summed E-state index contributed by atoms with van der Waals surface area (Å²) in [5, 5.41) is 3.32. The number of rotatable bonds is 2. The molecular formula is C17H24ClFN2O. The normalized spacial score (nSPS) is 25.4. The average molecular weight is 327 g/mol. The highest BCUT2D eigenvalue weighted by atomic mass is 35.5. The van der Waals surface area contributed by atoms with E-state index in [-0.39, 0.29) is 36.1 Å². The molecule has 122 valence electrons. The second kappa shape index (κ2) is 7.93. The van der Waals surface area contributed by atoms with E-state index < -0.39 is 0 Å². The van der Waals surface area contributed by atoms with Gasteiger partial charge >= 0.3 is 0 Å². The van der Waals surface area contributed by atoms with Gasteiger partial charge < -0.3 is 10.2 Å². The van der Waals surface area contributed by atoms with Crippen molar-refractivity contribution in [2.24, 2.45) is 5.92 Å². The smallest absolute Gasteiger partial charge is 0.227 e. The molecule has 2 atom stereocenters. The second-order valence-corrected chi connectivity index (χ2v) is 6.14. The zero-order valence-corrected chi connectivity index (χ0v) is 13.6. The Morgan fingerprint density at radius 1 is 1.14 bits per heavy atom. The summed E-state index contributed by atoms with van der Waals surface area (Å²) >= 11 is 0. The van der Waals surface area contributed by atoms with E-state index in [4.69, 9.17) is 0 Å². The van der Waals surface area contributed by atoms with Gasteiger partial charge in [0.05, 0.1) is 12.0 Å². The molecule has 0 aromatic heterocycles. The molecule has 2 fully saturated rings. The lowest BCUT2D eigenvalue weighted by molar-refractivity contribution is -0.140. The second-order valence-electron chi connectivity index (χ2n) is 6.14. The van der Waals surface area contributed by atoms with Crippen LogP contribution in [-0.2, 0) is 4.79 Å². The van der Waals surface area contributed by atoms with Gasteiger partial charge in [0, 0.05) is 13.1 Å². The molecule has 0 bridgehead atoms. The number of piperidine rings is 2. The molecule has 1 aromatic carbocycles. The number of carbonyl (C=O) groups is 1. The summed E-state index contributed by atoms with van der Waals surface area (Å²) < 4.78 is 13.1. The van der Waals surface area contributed by atoms with Gasteiger partial charge in [-0.3, -0.25) is 4.79 Å². The Morgan fingerprint density at radius 3 is 2.59 bits per heavy atom. The van der Waals surface area contributed by atoms with Crippen LogP contribution in [-0.4, -0.2) is 30.4 Å². The van der Waals surface area contributed by atoms with E-state index in [0.29, 0.717) is 0 Å². The quantitative estimate of drug-likeness (QED) is 0.904. The van der Waals surface area contributed by atoms with Gasteiger partial charge in [-0.15, -0.1) is 12.4 Å². The zero-order valence-electron chi connectivity index (χ0n) is 12.8. The molecule has 2 heterocycles. The van der Waals surface area contributed by atoms with Crippen molar-refractivity contribution < 1.29 is 9.18 Å². The average Bonchev–Trinajstić information content (AvgIpc) is 2.56. The number of nitrogens with zero attached hydrogens (tertiary/aromatic N) is 1. The van der Waals surface area contributed by atoms with Crippen molar-refractivity contribution in [3.63, 3.8) is 0 Å². The first-order valence-electron chi connectivity index (χ1n) is 8.02. The summed E-state index contributed by atoms with van der Waals surface area (Å²) in [4.78, 5) is 14.9. The summed E-state index contributed by atoms with van der Waals surface area (Å²) in [6, 6.07) is 6.76. The number of benzene rings is 1. The number of nitrogens with one attached hydrogen (secondary N) is 1. The molecule has 5 heteroatoms. The minimum atomic E-state index is -0.219. The molecule has 3 nitrogen and oxygen atoms in total. The Bertz CT molecular complexity index is 488. The molecule has 0 saturated carbocycles. The van der Waals surface area contributed by atoms with E-state index in [0.717, 1.165) is 57.3 Å². The van der Waals surface area contributed by atoms with E-state index >= 15 is 0 Å². The molecule has 2 saturated heterocycles. The van der Waals surface area contributed by atoms with Gasteiger partial charge in [0.1, 0.15) is 5.82 Å². The van der Waals surface area contributed by atoms with Crippen LogP contribution in [0.5, 0.6) is 0 Å². The predicted octanol–water partition coefficient (Wildman–Crippen LogP) is 3.30. The molecule has 3 rings (SSSR count). The Morgan fingerprint density at radius 2 is 1.91 bits per heavy atom. The van der Waals surface area contributed by atoms with Crippen LogP contribution in [0, 0.1) is 11.7 Å². The molecule has 1 N–H and O–H groups in total. The van der Waals surface area contributed by atoms with Gasteiger partial charge in [-0.1, -0.05) is 12.1 Å². The van der Waals surface area contributed by atoms with Gasteiger partial charge in [0.2, 0.25) is 5.91 Å². The monoisotopic (exact) mass is 326 g/mol. The number of hydrogen-bond acceptors (Lipinski definition) is 2. The lowest BCUT2D eigenvalue weighted by Crippen LogP contribution is -2.46. The third-order valence-corrected chi connectivity index (χ3v) is 4.69. The Labute approximate surface area is 137 Å². The third-order valence-electron chi connectivity index (χ3n) is 4.69. The highest BCUT2D eigenvalue weighted by molar-refractivity contribution is 5.85. The van der Waals surface area contributed by atoms with Gasteiger partial charge in [-0.05, 0) is 56.3 Å². The van der Waals surface area contributed by atoms with Crippen LogP contribution in [0.3, 0.4) is 0 Å². The summed E-state index contributed by atoms with van der Waals surface area (Å²) in [7, 11) is 0. The molecule has 2 aliphatic heterocycles. The fourth-order valence-electron chi connectivity index (χ4n) is 3.52. The highest BCUT2D eigenvalue weighted by Crippen LogP contribution is 2.32. The van der Waals surface area contributed by atoms with Crippen LogP contribution >= 0.6 is 12.4 Å². The fraction of sp³-hybridized carbons (Fsp3) is 0.588. The van der Waals surface area contributed by atoms with Crippen LogP contribution in [0.1, 0.15) is 43.7 Å². The van der Waals surface area contributed by atoms with Crippen molar-refractivity contribution in [3.8, 4) is 0 Å². The highest BCUT2D eigenvalue weighted by Gasteiger charge is 2.32. The van der Waals surface area contributed by atoms with Gasteiger partial charge in [-0.2, -0.15) is 0 Å². The Hall–Kier alpha value is -1.13. The van der Waals surface area contributed by atoms with Crippen LogP contribution < -0.4 is 5.32 Å². The zero-order chi connectivity index (χ0) is 14.7. The lowest BCUT2D eigenvalue weighted by Gasteiger charge is -2.39. The fourth-order valence-corrected chi connectivity index (χ4v) is 3.52. The van der Waals surface area contributed by atoms with Gasteiger partial charge in [-0.25, -0.2) is 4.39 Å². The molecule has 0 aliphatic carbocycles. The maximum absolute atomic E-state index is 13.1. The molecule has 22 heavy (non-hydrogen) atoms. The van der Waals surface area contributed by atoms with Crippen molar-refractivity contribution in [1.82, 2.24) is 10.2 Å². The van der Waals surface area contributed by atoms with Crippen molar-refractivity contribution >= 4 is 18.3 Å². The first-order valence-corrected chi connectivity index (χ1v) is 8.02. The van der Waals surface area contributed by atoms with Crippen LogP contribution in [0.2, 0.25) is 0 Å². The third kappa shape index (κ3) is 3.79. The minimum absolute atomic E-state index is 0. The molecule has 0 spiro atoms. The predicted molar refractivity (Wildman–Crippen MR) is 87.5 cm³/mol. The largest absolute Gasteiger partial charge is 0.335 e. The maximum Gasteiger partial charge on any atom is 0.227 e. The molecular weight excluding hydrogens is 303 g/mol.